The zero-order chi connectivity index (χ0) is 7.98. The van der Waals surface area contributed by atoms with E-state index in [0.29, 0.717) is 0 Å². The molecule has 0 fully saturated rings. The van der Waals surface area contributed by atoms with Gasteiger partial charge in [-0.1, -0.05) is 0 Å². The Morgan fingerprint density at radius 3 is 2.80 bits per heavy atom. The highest BCUT2D eigenvalue weighted by molar-refractivity contribution is 5.89. The number of carbonyl (C=O) groups excluding carboxylic acids is 1. The van der Waals surface area contributed by atoms with Crippen LogP contribution in [0.25, 0.3) is 4.85 Å². The summed E-state index contributed by atoms with van der Waals surface area (Å²) in [7, 11) is 0. The van der Waals surface area contributed by atoms with E-state index in [4.69, 9.17) is 6.57 Å². The van der Waals surface area contributed by atoms with Gasteiger partial charge in [-0.25, -0.2) is 4.85 Å². The predicted octanol–water partition coefficient (Wildman–Crippen LogP) is -0.330. The lowest BCUT2D eigenvalue weighted by atomic mass is 10.5. The maximum atomic E-state index is 10.5. The quantitative estimate of drug-likeness (QED) is 0.228. The lowest BCUT2D eigenvalue weighted by molar-refractivity contribution is -0.276. The maximum Gasteiger partial charge on any atom is 0.334 e. The molecule has 0 aromatic rings. The van der Waals surface area contributed by atoms with E-state index in [0.717, 1.165) is 0 Å². The van der Waals surface area contributed by atoms with Crippen LogP contribution in [0.5, 0.6) is 0 Å². The largest absolute Gasteiger partial charge is 0.886 e. The van der Waals surface area contributed by atoms with Gasteiger partial charge >= 0.3 is 5.97 Å². The number of ether oxygens (including phenoxy) is 1. The minimum atomic E-state index is -0.854. The fraction of sp³-hybridized carbons (Fsp3) is 0.333. The molecule has 0 unspecified atom stereocenters. The van der Waals surface area contributed by atoms with Crippen molar-refractivity contribution in [1.29, 1.82) is 0 Å². The third kappa shape index (κ3) is 2.18. The Kier molecular flexibility index (Phi) is 3.73. The first-order valence-electron chi connectivity index (χ1n) is 2.63. The van der Waals surface area contributed by atoms with Gasteiger partial charge in [0.25, 0.3) is 5.70 Å². The minimum Gasteiger partial charge on any atom is -0.886 e. The van der Waals surface area contributed by atoms with E-state index in [1.165, 1.54) is 0 Å². The highest BCUT2D eigenvalue weighted by Crippen LogP contribution is 1.96. The molecule has 0 N–H and O–H groups in total. The minimum absolute atomic E-state index is 0.172. The molecule has 0 heterocycles. The van der Waals surface area contributed by atoms with Gasteiger partial charge in [0.15, 0.2) is 0 Å². The number of hydrogen-bond acceptors (Lipinski definition) is 3. The van der Waals surface area contributed by atoms with Crippen molar-refractivity contribution < 1.29 is 14.6 Å². The molecule has 0 bridgehead atoms. The van der Waals surface area contributed by atoms with Gasteiger partial charge in [0.2, 0.25) is 0 Å². The summed E-state index contributed by atoms with van der Waals surface area (Å²) in [5.41, 5.74) is -0.512. The van der Waals surface area contributed by atoms with Crippen molar-refractivity contribution in [2.24, 2.45) is 0 Å². The molecule has 0 amide bonds. The molecule has 0 atom stereocenters. The zero-order valence-electron chi connectivity index (χ0n) is 5.46. The average Bonchev–Trinajstić information content (AvgIpc) is 1.91. The molecular formula is C6H6NO3-. The molecule has 0 aliphatic carbocycles. The highest BCUT2D eigenvalue weighted by atomic mass is 16.5. The van der Waals surface area contributed by atoms with Crippen LogP contribution in [-0.2, 0) is 9.53 Å². The topological polar surface area (TPSA) is 53.7 Å². The molecule has 0 rings (SSSR count). The van der Waals surface area contributed by atoms with Gasteiger partial charge in [-0.3, -0.25) is 4.79 Å². The molecule has 0 aromatic carbocycles. The van der Waals surface area contributed by atoms with Crippen LogP contribution in [0.3, 0.4) is 0 Å². The van der Waals surface area contributed by atoms with Gasteiger partial charge in [0.05, 0.1) is 13.2 Å². The molecule has 10 heavy (non-hydrogen) atoms. The van der Waals surface area contributed by atoms with Crippen LogP contribution in [0.15, 0.2) is 12.0 Å². The van der Waals surface area contributed by atoms with E-state index < -0.39 is 11.7 Å². The van der Waals surface area contributed by atoms with Crippen molar-refractivity contribution in [2.75, 3.05) is 6.61 Å². The summed E-state index contributed by atoms with van der Waals surface area (Å²) in [6.07, 6.45) is 0.186. The van der Waals surface area contributed by atoms with Crippen molar-refractivity contribution in [1.82, 2.24) is 0 Å². The molecule has 0 spiro atoms. The van der Waals surface area contributed by atoms with Crippen LogP contribution >= 0.6 is 0 Å². The molecule has 0 aliphatic heterocycles. The van der Waals surface area contributed by atoms with Crippen molar-refractivity contribution in [2.45, 2.75) is 6.92 Å². The Labute approximate surface area is 58.5 Å². The first-order valence-corrected chi connectivity index (χ1v) is 2.63. The van der Waals surface area contributed by atoms with Crippen LogP contribution < -0.4 is 5.11 Å². The van der Waals surface area contributed by atoms with E-state index >= 15 is 0 Å². The van der Waals surface area contributed by atoms with Gasteiger partial charge in [-0.2, -0.15) is 0 Å². The summed E-state index contributed by atoms with van der Waals surface area (Å²) in [6, 6.07) is 0. The van der Waals surface area contributed by atoms with Gasteiger partial charge in [0.1, 0.15) is 0 Å². The Bertz CT molecular complexity index is 190. The summed E-state index contributed by atoms with van der Waals surface area (Å²) >= 11 is 0. The Morgan fingerprint density at radius 1 is 1.90 bits per heavy atom. The van der Waals surface area contributed by atoms with Gasteiger partial charge < -0.3 is 9.84 Å². The average molecular weight is 140 g/mol. The molecule has 0 aromatic heterocycles. The second-order valence-corrected chi connectivity index (χ2v) is 1.34. The number of esters is 1. The van der Waals surface area contributed by atoms with Gasteiger partial charge in [-0.05, 0) is 6.92 Å². The van der Waals surface area contributed by atoms with E-state index in [1.54, 1.807) is 6.92 Å². The summed E-state index contributed by atoms with van der Waals surface area (Å²) in [6.45, 7) is 8.10. The monoisotopic (exact) mass is 140 g/mol. The third-order valence-electron chi connectivity index (χ3n) is 0.717. The summed E-state index contributed by atoms with van der Waals surface area (Å²) in [5.74, 6) is -0.854. The molecule has 0 aliphatic rings. The summed E-state index contributed by atoms with van der Waals surface area (Å²) in [5, 5.41) is 9.90. The first kappa shape index (κ1) is 8.50. The van der Waals surface area contributed by atoms with Crippen LogP contribution in [0.4, 0.5) is 0 Å². The number of hydrogen-bond donors (Lipinski definition) is 0. The van der Waals surface area contributed by atoms with Crippen molar-refractivity contribution in [3.63, 3.8) is 0 Å². The molecule has 0 radical (unpaired) electrons. The Hall–Kier alpha value is -1.50. The highest BCUT2D eigenvalue weighted by Gasteiger charge is 2.05. The first-order chi connectivity index (χ1) is 4.76. The lowest BCUT2D eigenvalue weighted by Crippen LogP contribution is -2.07. The molecule has 0 saturated heterocycles. The van der Waals surface area contributed by atoms with Gasteiger partial charge in [0, 0.05) is 0 Å². The van der Waals surface area contributed by atoms with Crippen LogP contribution in [0.1, 0.15) is 6.92 Å². The predicted molar refractivity (Wildman–Crippen MR) is 31.3 cm³/mol. The Morgan fingerprint density at radius 2 is 2.50 bits per heavy atom. The lowest BCUT2D eigenvalue weighted by Gasteiger charge is -1.99. The van der Waals surface area contributed by atoms with Crippen LogP contribution in [-0.4, -0.2) is 12.6 Å². The van der Waals surface area contributed by atoms with Crippen molar-refractivity contribution >= 4 is 5.97 Å². The molecule has 4 heteroatoms. The smallest absolute Gasteiger partial charge is 0.334 e. The fourth-order valence-corrected chi connectivity index (χ4v) is 0.325. The zero-order valence-corrected chi connectivity index (χ0v) is 5.46. The van der Waals surface area contributed by atoms with Crippen molar-refractivity contribution in [3.05, 3.63) is 23.4 Å². The van der Waals surface area contributed by atoms with E-state index in [9.17, 15) is 9.90 Å². The van der Waals surface area contributed by atoms with Crippen LogP contribution in [0, 0.1) is 6.57 Å². The summed E-state index contributed by atoms with van der Waals surface area (Å²) in [4.78, 5) is 13.2. The van der Waals surface area contributed by atoms with Crippen molar-refractivity contribution in [3.8, 4) is 0 Å². The van der Waals surface area contributed by atoms with Crippen LogP contribution in [0.2, 0.25) is 0 Å². The number of carbonyl (C=O) groups is 1. The number of nitrogens with zero attached hydrogens (tertiary/aromatic N) is 1. The van der Waals surface area contributed by atoms with E-state index in [-0.39, 0.29) is 12.9 Å². The second kappa shape index (κ2) is 4.39. The van der Waals surface area contributed by atoms with Gasteiger partial charge in [-0.15, -0.1) is 6.26 Å². The standard InChI is InChI=1S/C6H7NO3/c1-3-10-6(9)5(4-8)7-2/h4,8H,3H2,1H3/p-1/b5-4-. The maximum absolute atomic E-state index is 10.5. The number of rotatable bonds is 2. The normalized spacial score (nSPS) is 10.2. The molecule has 0 saturated carbocycles. The van der Waals surface area contributed by atoms with E-state index in [1.807, 2.05) is 0 Å². The second-order valence-electron chi connectivity index (χ2n) is 1.34. The fourth-order valence-electron chi connectivity index (χ4n) is 0.325. The van der Waals surface area contributed by atoms with E-state index in [2.05, 4.69) is 9.58 Å². The summed E-state index contributed by atoms with van der Waals surface area (Å²) < 4.78 is 4.36. The molecular weight excluding hydrogens is 134 g/mol. The molecule has 54 valence electrons. The third-order valence-corrected chi connectivity index (χ3v) is 0.717. The Balaban J connectivity index is 4.08. The molecule has 4 nitrogen and oxygen atoms in total. The SMILES string of the molecule is [C-]#[N+]/C(=C\[O-])C(=O)OCC.